The number of carbonyl (C=O) groups is 1. The van der Waals surface area contributed by atoms with Crippen molar-refractivity contribution in [1.82, 2.24) is 20.5 Å². The average Bonchev–Trinajstić information content (AvgIpc) is 2.86. The molecule has 5 nitrogen and oxygen atoms in total. The van der Waals surface area contributed by atoms with E-state index in [1.54, 1.807) is 7.05 Å². The van der Waals surface area contributed by atoms with Crippen LogP contribution in [0.4, 0.5) is 0 Å². The Labute approximate surface area is 103 Å². The Kier molecular flexibility index (Phi) is 3.77. The number of aromatic amines is 1. The molecular weight excluding hydrogens is 236 g/mol. The molecule has 2 aromatic rings. The third-order valence-electron chi connectivity index (χ3n) is 2.12. The third kappa shape index (κ3) is 3.07. The molecule has 88 valence electrons. The van der Waals surface area contributed by atoms with E-state index >= 15 is 0 Å². The second-order valence-corrected chi connectivity index (χ2v) is 4.24. The lowest BCUT2D eigenvalue weighted by Crippen LogP contribution is -2.19. The summed E-state index contributed by atoms with van der Waals surface area (Å²) >= 11 is 1.30. The van der Waals surface area contributed by atoms with Gasteiger partial charge in [-0.25, -0.2) is 4.98 Å². The van der Waals surface area contributed by atoms with E-state index in [1.807, 2.05) is 30.3 Å². The maximum atomic E-state index is 11.1. The normalized spacial score (nSPS) is 10.2. The minimum absolute atomic E-state index is 0.0407. The van der Waals surface area contributed by atoms with Crippen LogP contribution in [0.15, 0.2) is 35.5 Å². The molecule has 0 aliphatic heterocycles. The van der Waals surface area contributed by atoms with Gasteiger partial charge >= 0.3 is 0 Å². The second-order valence-electron chi connectivity index (χ2n) is 3.29. The summed E-state index contributed by atoms with van der Waals surface area (Å²) in [4.78, 5) is 15.4. The molecule has 0 fully saturated rings. The lowest BCUT2D eigenvalue weighted by Gasteiger charge is -1.95. The van der Waals surface area contributed by atoms with Crippen LogP contribution in [0.25, 0.3) is 11.4 Å². The molecule has 0 atom stereocenters. The zero-order valence-electron chi connectivity index (χ0n) is 9.30. The lowest BCUT2D eigenvalue weighted by atomic mass is 10.2. The van der Waals surface area contributed by atoms with E-state index in [0.29, 0.717) is 16.7 Å². The van der Waals surface area contributed by atoms with Crippen LogP contribution in [0.5, 0.6) is 0 Å². The van der Waals surface area contributed by atoms with Crippen molar-refractivity contribution in [3.8, 4) is 11.4 Å². The van der Waals surface area contributed by atoms with Gasteiger partial charge in [0.05, 0.1) is 5.75 Å². The van der Waals surface area contributed by atoms with Crippen LogP contribution in [0.1, 0.15) is 0 Å². The molecule has 1 heterocycles. The van der Waals surface area contributed by atoms with E-state index in [-0.39, 0.29) is 5.91 Å². The lowest BCUT2D eigenvalue weighted by molar-refractivity contribution is -0.118. The molecule has 0 unspecified atom stereocenters. The maximum Gasteiger partial charge on any atom is 0.230 e. The molecule has 6 heteroatoms. The van der Waals surface area contributed by atoms with Crippen molar-refractivity contribution in [3.63, 3.8) is 0 Å². The Morgan fingerprint density at radius 1 is 1.41 bits per heavy atom. The summed E-state index contributed by atoms with van der Waals surface area (Å²) in [5, 5.41) is 10.0. The van der Waals surface area contributed by atoms with Gasteiger partial charge in [-0.05, 0) is 0 Å². The molecule has 0 spiro atoms. The minimum atomic E-state index is -0.0407. The van der Waals surface area contributed by atoms with E-state index < -0.39 is 0 Å². The minimum Gasteiger partial charge on any atom is -0.358 e. The van der Waals surface area contributed by atoms with Crippen molar-refractivity contribution in [2.24, 2.45) is 0 Å². The highest BCUT2D eigenvalue weighted by atomic mass is 32.2. The van der Waals surface area contributed by atoms with Gasteiger partial charge in [0.25, 0.3) is 0 Å². The Morgan fingerprint density at radius 2 is 2.18 bits per heavy atom. The number of amides is 1. The zero-order chi connectivity index (χ0) is 12.1. The first-order valence-corrected chi connectivity index (χ1v) is 6.09. The second kappa shape index (κ2) is 5.49. The first-order valence-electron chi connectivity index (χ1n) is 5.11. The summed E-state index contributed by atoms with van der Waals surface area (Å²) in [5.74, 6) is 0.994. The van der Waals surface area contributed by atoms with Crippen molar-refractivity contribution in [2.45, 2.75) is 5.16 Å². The highest BCUT2D eigenvalue weighted by Crippen LogP contribution is 2.18. The molecule has 17 heavy (non-hydrogen) atoms. The Bertz CT molecular complexity index is 497. The molecule has 0 saturated carbocycles. The van der Waals surface area contributed by atoms with E-state index in [9.17, 15) is 4.79 Å². The summed E-state index contributed by atoms with van der Waals surface area (Å²) in [7, 11) is 1.61. The van der Waals surface area contributed by atoms with Crippen LogP contribution in [0.3, 0.4) is 0 Å². The fourth-order valence-corrected chi connectivity index (χ4v) is 1.91. The number of H-pyrrole nitrogens is 1. The predicted molar refractivity (Wildman–Crippen MR) is 66.6 cm³/mol. The third-order valence-corrected chi connectivity index (χ3v) is 2.97. The van der Waals surface area contributed by atoms with Gasteiger partial charge in [0.15, 0.2) is 5.82 Å². The molecule has 0 aliphatic carbocycles. The van der Waals surface area contributed by atoms with Crippen LogP contribution in [0, 0.1) is 0 Å². The van der Waals surface area contributed by atoms with Gasteiger partial charge in [-0.2, -0.15) is 0 Å². The molecule has 0 bridgehead atoms. The topological polar surface area (TPSA) is 70.7 Å². The van der Waals surface area contributed by atoms with Gasteiger partial charge < -0.3 is 5.32 Å². The molecule has 0 radical (unpaired) electrons. The Morgan fingerprint density at radius 3 is 2.88 bits per heavy atom. The first-order chi connectivity index (χ1) is 8.29. The van der Waals surface area contributed by atoms with Crippen LogP contribution in [-0.2, 0) is 4.79 Å². The molecule has 1 aromatic carbocycles. The van der Waals surface area contributed by atoms with Crippen LogP contribution in [-0.4, -0.2) is 33.9 Å². The summed E-state index contributed by atoms with van der Waals surface area (Å²) < 4.78 is 0. The van der Waals surface area contributed by atoms with E-state index in [1.165, 1.54) is 11.8 Å². The van der Waals surface area contributed by atoms with Crippen molar-refractivity contribution in [2.75, 3.05) is 12.8 Å². The number of hydrogen-bond donors (Lipinski definition) is 2. The first kappa shape index (κ1) is 11.7. The van der Waals surface area contributed by atoms with E-state index in [0.717, 1.165) is 5.56 Å². The predicted octanol–water partition coefficient (Wildman–Crippen LogP) is 1.31. The average molecular weight is 248 g/mol. The van der Waals surface area contributed by atoms with Crippen LogP contribution in [0.2, 0.25) is 0 Å². The molecule has 2 N–H and O–H groups in total. The molecule has 1 amide bonds. The number of thioether (sulfide) groups is 1. The number of nitrogens with one attached hydrogen (secondary N) is 2. The van der Waals surface area contributed by atoms with Crippen molar-refractivity contribution in [1.29, 1.82) is 0 Å². The summed E-state index contributed by atoms with van der Waals surface area (Å²) in [6, 6.07) is 9.73. The molecular formula is C11H12N4OS. The van der Waals surface area contributed by atoms with E-state index in [2.05, 4.69) is 20.5 Å². The molecule has 0 aliphatic rings. The Balaban J connectivity index is 2.04. The van der Waals surface area contributed by atoms with Gasteiger partial charge in [-0.3, -0.25) is 9.89 Å². The number of hydrogen-bond acceptors (Lipinski definition) is 4. The van der Waals surface area contributed by atoms with Gasteiger partial charge in [-0.1, -0.05) is 42.1 Å². The van der Waals surface area contributed by atoms with Crippen molar-refractivity contribution < 1.29 is 4.79 Å². The van der Waals surface area contributed by atoms with Gasteiger partial charge in [0, 0.05) is 12.6 Å². The molecule has 0 saturated heterocycles. The van der Waals surface area contributed by atoms with Gasteiger partial charge in [0.2, 0.25) is 11.1 Å². The fraction of sp³-hybridized carbons (Fsp3) is 0.182. The molecule has 1 aromatic heterocycles. The van der Waals surface area contributed by atoms with Gasteiger partial charge in [0.1, 0.15) is 0 Å². The molecule has 2 rings (SSSR count). The standard InChI is InChI=1S/C11H12N4OS/c1-12-9(16)7-17-11-13-10(14-15-11)8-5-3-2-4-6-8/h2-6H,7H2,1H3,(H,12,16)(H,13,14,15). The van der Waals surface area contributed by atoms with Crippen LogP contribution >= 0.6 is 11.8 Å². The SMILES string of the molecule is CNC(=O)CSc1n[nH]c(-c2ccccc2)n1. The summed E-state index contributed by atoms with van der Waals surface area (Å²) in [5.41, 5.74) is 0.979. The highest BCUT2D eigenvalue weighted by Gasteiger charge is 2.07. The number of rotatable bonds is 4. The number of benzene rings is 1. The summed E-state index contributed by atoms with van der Waals surface area (Å²) in [6.07, 6.45) is 0. The van der Waals surface area contributed by atoms with Crippen molar-refractivity contribution in [3.05, 3.63) is 30.3 Å². The Hall–Kier alpha value is -1.82. The van der Waals surface area contributed by atoms with Gasteiger partial charge in [-0.15, -0.1) is 5.10 Å². The van der Waals surface area contributed by atoms with E-state index in [4.69, 9.17) is 0 Å². The quantitative estimate of drug-likeness (QED) is 0.800. The smallest absolute Gasteiger partial charge is 0.230 e. The highest BCUT2D eigenvalue weighted by molar-refractivity contribution is 7.99. The number of nitrogens with zero attached hydrogens (tertiary/aromatic N) is 2. The van der Waals surface area contributed by atoms with Crippen LogP contribution < -0.4 is 5.32 Å². The maximum absolute atomic E-state index is 11.1. The monoisotopic (exact) mass is 248 g/mol. The fourth-order valence-electron chi connectivity index (χ4n) is 1.24. The number of carbonyl (C=O) groups excluding carboxylic acids is 1. The summed E-state index contributed by atoms with van der Waals surface area (Å²) in [6.45, 7) is 0. The zero-order valence-corrected chi connectivity index (χ0v) is 10.1. The number of aromatic nitrogens is 3. The largest absolute Gasteiger partial charge is 0.358 e. The van der Waals surface area contributed by atoms with Crippen molar-refractivity contribution >= 4 is 17.7 Å².